The number of hydrogen-bond acceptors (Lipinski definition) is 5. The van der Waals surface area contributed by atoms with E-state index in [1.54, 1.807) is 42.3 Å². The van der Waals surface area contributed by atoms with E-state index in [-0.39, 0.29) is 29.8 Å². The van der Waals surface area contributed by atoms with Crippen LogP contribution in [0.3, 0.4) is 0 Å². The highest BCUT2D eigenvalue weighted by atomic mass is 16.2. The fourth-order valence-corrected chi connectivity index (χ4v) is 5.02. The molecule has 3 amide bonds. The highest BCUT2D eigenvalue weighted by Gasteiger charge is 2.23. The van der Waals surface area contributed by atoms with Crippen LogP contribution in [-0.2, 0) is 11.2 Å². The lowest BCUT2D eigenvalue weighted by Crippen LogP contribution is -2.50. The van der Waals surface area contributed by atoms with Crippen molar-refractivity contribution in [3.05, 3.63) is 95.1 Å². The Bertz CT molecular complexity index is 1480. The van der Waals surface area contributed by atoms with Crippen molar-refractivity contribution in [1.29, 1.82) is 5.26 Å². The third-order valence-electron chi connectivity index (χ3n) is 8.05. The van der Waals surface area contributed by atoms with Crippen LogP contribution in [-0.4, -0.2) is 60.9 Å². The van der Waals surface area contributed by atoms with Gasteiger partial charge in [0.15, 0.2) is 0 Å². The summed E-state index contributed by atoms with van der Waals surface area (Å²) in [6.45, 7) is 11.0. The molecule has 0 radical (unpaired) electrons. The average Bonchev–Trinajstić information content (AvgIpc) is 3.06. The van der Waals surface area contributed by atoms with E-state index in [1.165, 1.54) is 0 Å². The van der Waals surface area contributed by atoms with Gasteiger partial charge in [0.1, 0.15) is 0 Å². The summed E-state index contributed by atoms with van der Waals surface area (Å²) in [6, 6.07) is 23.6. The van der Waals surface area contributed by atoms with Gasteiger partial charge in [-0.3, -0.25) is 14.4 Å². The van der Waals surface area contributed by atoms with Crippen LogP contribution in [0.4, 0.5) is 0 Å². The molecule has 3 atom stereocenters. The van der Waals surface area contributed by atoms with Gasteiger partial charge in [0.2, 0.25) is 5.91 Å². The summed E-state index contributed by atoms with van der Waals surface area (Å²) >= 11 is 0. The monoisotopic (exact) mass is 609 g/mol. The molecule has 0 aromatic heterocycles. The van der Waals surface area contributed by atoms with Gasteiger partial charge in [-0.25, -0.2) is 0 Å². The van der Waals surface area contributed by atoms with Crippen LogP contribution in [0.15, 0.2) is 72.8 Å². The van der Waals surface area contributed by atoms with Gasteiger partial charge in [-0.05, 0) is 73.1 Å². The van der Waals surface area contributed by atoms with Crippen molar-refractivity contribution in [1.82, 2.24) is 20.9 Å². The number of rotatable bonds is 15. The third kappa shape index (κ3) is 10.0. The molecule has 0 aliphatic carbocycles. The molecule has 3 N–H and O–H groups in total. The first-order valence-corrected chi connectivity index (χ1v) is 15.8. The maximum absolute atomic E-state index is 13.9. The minimum Gasteiger partial charge on any atom is -0.354 e. The zero-order valence-electron chi connectivity index (χ0n) is 27.4. The first-order chi connectivity index (χ1) is 21.6. The van der Waals surface area contributed by atoms with Gasteiger partial charge < -0.3 is 20.9 Å². The first kappa shape index (κ1) is 35.0. The molecule has 0 aliphatic rings. The van der Waals surface area contributed by atoms with Crippen LogP contribution >= 0.6 is 0 Å². The maximum Gasteiger partial charge on any atom is 0.253 e. The van der Waals surface area contributed by atoms with E-state index < -0.39 is 6.04 Å². The van der Waals surface area contributed by atoms with E-state index in [2.05, 4.69) is 35.9 Å². The van der Waals surface area contributed by atoms with E-state index >= 15 is 0 Å². The fourth-order valence-electron chi connectivity index (χ4n) is 5.02. The number of benzene rings is 3. The standard InChI is InChI=1S/C37H47N5O3/c1-7-26(5)42(6)37(45)31-20-29(33-17-13-12-16-28(33)22-38)19-30(21-31)35(43)41-32(18-27-14-10-9-11-15-27)24-39-34(8-2)36(44)40-23-25(3)4/h9-17,19-21,25-26,32,34,39H,7-8,18,23-24H2,1-6H3,(H,40,44)(H,41,43)/t26?,32-,34-/m0/s1. The molecule has 1 unspecified atom stereocenters. The minimum absolute atomic E-state index is 0.00963. The van der Waals surface area contributed by atoms with Crippen molar-refractivity contribution in [2.24, 2.45) is 5.92 Å². The molecule has 3 rings (SSSR count). The highest BCUT2D eigenvalue weighted by molar-refractivity contribution is 6.02. The Morgan fingerprint density at radius 1 is 0.867 bits per heavy atom. The molecule has 0 bridgehead atoms. The molecule has 0 saturated carbocycles. The summed E-state index contributed by atoms with van der Waals surface area (Å²) in [6.07, 6.45) is 1.93. The third-order valence-corrected chi connectivity index (χ3v) is 8.05. The number of amides is 3. The van der Waals surface area contributed by atoms with E-state index in [1.807, 2.05) is 63.2 Å². The first-order valence-electron chi connectivity index (χ1n) is 15.8. The van der Waals surface area contributed by atoms with E-state index in [0.29, 0.717) is 59.7 Å². The second-order valence-electron chi connectivity index (χ2n) is 12.0. The lowest BCUT2D eigenvalue weighted by atomic mass is 9.95. The SMILES string of the molecule is CCC(C)N(C)C(=O)c1cc(C(=O)N[C@H](CN[C@@H](CC)C(=O)NCC(C)C)Cc2ccccc2)cc(-c2ccccc2C#N)c1. The Morgan fingerprint density at radius 3 is 2.18 bits per heavy atom. The predicted octanol–water partition coefficient (Wildman–Crippen LogP) is 5.58. The number of hydrogen-bond donors (Lipinski definition) is 3. The number of carbonyl (C=O) groups excluding carboxylic acids is 3. The van der Waals surface area contributed by atoms with Crippen molar-refractivity contribution in [2.75, 3.05) is 20.1 Å². The Kier molecular flexibility index (Phi) is 13.3. The molecule has 8 nitrogen and oxygen atoms in total. The van der Waals surface area contributed by atoms with Crippen LogP contribution < -0.4 is 16.0 Å². The zero-order chi connectivity index (χ0) is 32.9. The quantitative estimate of drug-likeness (QED) is 0.208. The average molecular weight is 610 g/mol. The van der Waals surface area contributed by atoms with Gasteiger partial charge in [-0.2, -0.15) is 5.26 Å². The second-order valence-corrected chi connectivity index (χ2v) is 12.0. The van der Waals surface area contributed by atoms with Crippen LogP contribution in [0, 0.1) is 17.2 Å². The van der Waals surface area contributed by atoms with Gasteiger partial charge in [0.25, 0.3) is 11.8 Å². The molecule has 0 heterocycles. The largest absolute Gasteiger partial charge is 0.354 e. The lowest BCUT2D eigenvalue weighted by molar-refractivity contribution is -0.123. The molecule has 0 fully saturated rings. The van der Waals surface area contributed by atoms with Crippen molar-refractivity contribution in [3.8, 4) is 17.2 Å². The molecule has 45 heavy (non-hydrogen) atoms. The number of nitriles is 1. The van der Waals surface area contributed by atoms with Crippen LogP contribution in [0.1, 0.15) is 79.3 Å². The Labute approximate surface area is 268 Å². The molecule has 8 heteroatoms. The molecular formula is C37H47N5O3. The zero-order valence-corrected chi connectivity index (χ0v) is 27.4. The Hall–Kier alpha value is -4.48. The number of nitrogens with zero attached hydrogens (tertiary/aromatic N) is 2. The molecule has 238 valence electrons. The molecule has 0 saturated heterocycles. The summed E-state index contributed by atoms with van der Waals surface area (Å²) < 4.78 is 0. The van der Waals surface area contributed by atoms with E-state index in [9.17, 15) is 19.6 Å². The molecule has 3 aromatic carbocycles. The van der Waals surface area contributed by atoms with Crippen molar-refractivity contribution in [3.63, 3.8) is 0 Å². The van der Waals surface area contributed by atoms with Crippen molar-refractivity contribution in [2.45, 2.75) is 72.0 Å². The molecular weight excluding hydrogens is 562 g/mol. The minimum atomic E-state index is -0.398. The smallest absolute Gasteiger partial charge is 0.253 e. The molecule has 3 aromatic rings. The normalized spacial score (nSPS) is 12.9. The number of carbonyl (C=O) groups is 3. The van der Waals surface area contributed by atoms with Crippen LogP contribution in [0.5, 0.6) is 0 Å². The fraction of sp³-hybridized carbons (Fsp3) is 0.405. The highest BCUT2D eigenvalue weighted by Crippen LogP contribution is 2.27. The maximum atomic E-state index is 13.9. The van der Waals surface area contributed by atoms with Gasteiger partial charge in [-0.1, -0.05) is 76.2 Å². The van der Waals surface area contributed by atoms with E-state index in [4.69, 9.17) is 0 Å². The number of nitrogens with one attached hydrogen (secondary N) is 3. The molecule has 0 aliphatic heterocycles. The summed E-state index contributed by atoms with van der Waals surface area (Å²) in [5.74, 6) is -0.260. The predicted molar refractivity (Wildman–Crippen MR) is 180 cm³/mol. The van der Waals surface area contributed by atoms with Gasteiger partial charge in [-0.15, -0.1) is 0 Å². The second kappa shape index (κ2) is 17.1. The van der Waals surface area contributed by atoms with Crippen LogP contribution in [0.2, 0.25) is 0 Å². The summed E-state index contributed by atoms with van der Waals surface area (Å²) in [4.78, 5) is 42.0. The van der Waals surface area contributed by atoms with Crippen molar-refractivity contribution >= 4 is 17.7 Å². The van der Waals surface area contributed by atoms with Gasteiger partial charge in [0, 0.05) is 43.3 Å². The molecule has 0 spiro atoms. The summed E-state index contributed by atoms with van der Waals surface area (Å²) in [5.41, 5.74) is 3.46. The Morgan fingerprint density at radius 2 is 1.53 bits per heavy atom. The van der Waals surface area contributed by atoms with E-state index in [0.717, 1.165) is 12.0 Å². The summed E-state index contributed by atoms with van der Waals surface area (Å²) in [5, 5.41) is 19.3. The van der Waals surface area contributed by atoms with Crippen LogP contribution in [0.25, 0.3) is 11.1 Å². The summed E-state index contributed by atoms with van der Waals surface area (Å²) in [7, 11) is 1.76. The Balaban J connectivity index is 1.96. The van der Waals surface area contributed by atoms with Crippen molar-refractivity contribution < 1.29 is 14.4 Å². The lowest BCUT2D eigenvalue weighted by Gasteiger charge is -2.25. The van der Waals surface area contributed by atoms with Gasteiger partial charge >= 0.3 is 0 Å². The van der Waals surface area contributed by atoms with Gasteiger partial charge in [0.05, 0.1) is 17.7 Å². The topological polar surface area (TPSA) is 114 Å².